The van der Waals surface area contributed by atoms with Gasteiger partial charge in [0.15, 0.2) is 0 Å². The highest BCUT2D eigenvalue weighted by Gasteiger charge is 2.34. The Hall–Kier alpha value is -9.96. The van der Waals surface area contributed by atoms with Crippen LogP contribution in [0.5, 0.6) is 23.0 Å². The number of alkyl carbamates (subject to hydrolysis) is 2. The molecule has 6 N–H and O–H groups in total. The van der Waals surface area contributed by atoms with Crippen molar-refractivity contribution in [3.63, 3.8) is 0 Å². The second kappa shape index (κ2) is 34.8. The summed E-state index contributed by atoms with van der Waals surface area (Å²) >= 11 is 0. The summed E-state index contributed by atoms with van der Waals surface area (Å²) in [6, 6.07) is 15.7. The molecule has 0 aliphatic heterocycles. The van der Waals surface area contributed by atoms with Crippen LogP contribution in [-0.4, -0.2) is 157 Å². The third-order valence-electron chi connectivity index (χ3n) is 11.7. The first-order chi connectivity index (χ1) is 45.2. The van der Waals surface area contributed by atoms with Crippen molar-refractivity contribution in [1.29, 1.82) is 10.8 Å². The van der Waals surface area contributed by atoms with Gasteiger partial charge in [-0.25, -0.2) is 28.8 Å². The number of benzene rings is 4. The van der Waals surface area contributed by atoms with Crippen LogP contribution in [0, 0.1) is 10.8 Å². The van der Waals surface area contributed by atoms with Gasteiger partial charge in [-0.15, -0.1) is 0 Å². The van der Waals surface area contributed by atoms with Gasteiger partial charge in [0.05, 0.1) is 50.4 Å². The SMILES string of the molecule is CC(C)(C)OC(=O)C[C@H](NC(=O)c1cc(OCCOCCOCCOc2cc(C(=O)N[C@@H](CC(=O)OC(C)(C)C)C(=O)OC(C)(C)C)cc(C(=O)Oc3ccc(C(=N)NC(=O)OC(C)(C)C)cc3)c2)cc(C(=O)Oc2ccc(C(=N)NC(=O)OC(C)(C)C)cc2)c1)C(=O)OC(C)(C)C. The van der Waals surface area contributed by atoms with Gasteiger partial charge in [0.25, 0.3) is 11.8 Å². The molecule has 0 aromatic heterocycles. The number of carbonyl (C=O) groups excluding carboxylic acids is 10. The number of amidine groups is 2. The monoisotopic (exact) mass is 1370 g/mol. The predicted molar refractivity (Wildman–Crippen MR) is 356 cm³/mol. The van der Waals surface area contributed by atoms with Crippen LogP contribution in [0.25, 0.3) is 0 Å². The van der Waals surface area contributed by atoms with Crippen molar-refractivity contribution in [2.75, 3.05) is 39.6 Å². The van der Waals surface area contributed by atoms with Crippen LogP contribution in [0.1, 0.15) is 190 Å². The van der Waals surface area contributed by atoms with Crippen molar-refractivity contribution in [3.05, 3.63) is 118 Å². The highest BCUT2D eigenvalue weighted by molar-refractivity contribution is 6.06. The summed E-state index contributed by atoms with van der Waals surface area (Å²) in [5.41, 5.74) is -5.71. The van der Waals surface area contributed by atoms with Crippen molar-refractivity contribution in [1.82, 2.24) is 21.3 Å². The normalized spacial score (nSPS) is 12.4. The molecule has 534 valence electrons. The van der Waals surface area contributed by atoms with Crippen LogP contribution < -0.4 is 40.2 Å². The molecule has 0 unspecified atom stereocenters. The van der Waals surface area contributed by atoms with E-state index in [2.05, 4.69) is 21.3 Å². The Morgan fingerprint density at radius 3 is 0.929 bits per heavy atom. The second-order valence-electron chi connectivity index (χ2n) is 27.9. The van der Waals surface area contributed by atoms with Crippen molar-refractivity contribution in [2.45, 2.75) is 183 Å². The Balaban J connectivity index is 1.49. The maximum atomic E-state index is 14.0. The summed E-state index contributed by atoms with van der Waals surface area (Å²) in [6.45, 7) is 29.2. The highest BCUT2D eigenvalue weighted by Crippen LogP contribution is 2.25. The summed E-state index contributed by atoms with van der Waals surface area (Å²) in [6.07, 6.45) is -2.88. The van der Waals surface area contributed by atoms with E-state index in [-0.39, 0.29) is 108 Å². The maximum Gasteiger partial charge on any atom is 0.413 e. The summed E-state index contributed by atoms with van der Waals surface area (Å²) in [5, 5.41) is 26.3. The highest BCUT2D eigenvalue weighted by atomic mass is 16.6. The molecule has 28 heteroatoms. The molecule has 0 saturated carbocycles. The van der Waals surface area contributed by atoms with Crippen LogP contribution in [0.4, 0.5) is 9.59 Å². The largest absolute Gasteiger partial charge is 0.491 e. The number of carbonyl (C=O) groups is 10. The zero-order chi connectivity index (χ0) is 73.7. The van der Waals surface area contributed by atoms with Gasteiger partial charge in [0.1, 0.15) is 93.6 Å². The number of esters is 6. The van der Waals surface area contributed by atoms with Gasteiger partial charge in [-0.1, -0.05) is 0 Å². The van der Waals surface area contributed by atoms with E-state index in [0.29, 0.717) is 0 Å². The molecule has 0 fully saturated rings. The number of ether oxygens (including phenoxy) is 12. The first-order valence-electron chi connectivity index (χ1n) is 31.2. The van der Waals surface area contributed by atoms with E-state index in [4.69, 9.17) is 67.7 Å². The lowest BCUT2D eigenvalue weighted by Crippen LogP contribution is -2.46. The Kier molecular flexibility index (Phi) is 28.6. The second-order valence-corrected chi connectivity index (χ2v) is 27.9. The van der Waals surface area contributed by atoms with Gasteiger partial charge in [0, 0.05) is 22.3 Å². The van der Waals surface area contributed by atoms with E-state index in [1.165, 1.54) is 84.9 Å². The van der Waals surface area contributed by atoms with Crippen LogP contribution in [0.2, 0.25) is 0 Å². The molecular formula is C70H92N6O22. The van der Waals surface area contributed by atoms with E-state index >= 15 is 0 Å². The van der Waals surface area contributed by atoms with E-state index in [1.54, 1.807) is 125 Å². The summed E-state index contributed by atoms with van der Waals surface area (Å²) in [4.78, 5) is 133. The number of hydrogen-bond acceptors (Lipinski definition) is 24. The minimum atomic E-state index is -1.53. The van der Waals surface area contributed by atoms with Crippen LogP contribution in [-0.2, 0) is 57.1 Å². The molecule has 4 aromatic rings. The minimum absolute atomic E-state index is 0.0106. The van der Waals surface area contributed by atoms with Crippen LogP contribution in [0.15, 0.2) is 84.9 Å². The standard InChI is InChI=1S/C70H92N6O22/c1-65(2,3)93-53(77)39-51(61(83)95-67(7,8)9)73-57(79)43-33-45(59(81)91-47-23-19-41(20-24-47)55(71)75-63(85)97-69(13,14)15)37-49(35-43)89-31-29-87-27-28-88-30-32-90-50-36-44(58(80)74-52(62(84)96-68(10,11)12)40-54(78)94-66(4,5)6)34-46(38-50)60(82)92-48-25-21-42(22-26-48)56(72)76-64(86)98-70(16,17)18/h19-26,33-38,51-52H,27-32,39-40H2,1-18H3,(H,73,79)(H,74,80)(H2,71,75,85)(H2,72,76,86)/t51-,52-/m0/s1. The molecule has 0 bridgehead atoms. The third kappa shape index (κ3) is 31.3. The fourth-order valence-corrected chi connectivity index (χ4v) is 8.00. The average Bonchev–Trinajstić information content (AvgIpc) is 0.829. The lowest BCUT2D eigenvalue weighted by atomic mass is 10.1. The molecule has 2 atom stereocenters. The first-order valence-corrected chi connectivity index (χ1v) is 31.2. The number of amides is 4. The molecule has 0 aliphatic carbocycles. The van der Waals surface area contributed by atoms with Crippen LogP contribution in [0.3, 0.4) is 0 Å². The average molecular weight is 1370 g/mol. The van der Waals surface area contributed by atoms with E-state index < -0.39 is 118 Å². The van der Waals surface area contributed by atoms with Crippen molar-refractivity contribution >= 4 is 71.5 Å². The summed E-state index contributed by atoms with van der Waals surface area (Å²) in [7, 11) is 0. The van der Waals surface area contributed by atoms with E-state index in [9.17, 15) is 47.9 Å². The van der Waals surface area contributed by atoms with Gasteiger partial charge < -0.3 is 67.5 Å². The Labute approximate surface area is 570 Å². The molecular weight excluding hydrogens is 1280 g/mol. The summed E-state index contributed by atoms with van der Waals surface area (Å²) in [5.74, 6) is -7.72. The van der Waals surface area contributed by atoms with Crippen molar-refractivity contribution < 1.29 is 105 Å². The van der Waals surface area contributed by atoms with Gasteiger partial charge >= 0.3 is 48.0 Å². The molecule has 0 heterocycles. The lowest BCUT2D eigenvalue weighted by molar-refractivity contribution is -0.164. The topological polar surface area (TPSA) is 377 Å². The quantitative estimate of drug-likeness (QED) is 0.00807. The molecule has 4 amide bonds. The Bertz CT molecular complexity index is 3290. The third-order valence-corrected chi connectivity index (χ3v) is 11.7. The first kappa shape index (κ1) is 80.5. The minimum Gasteiger partial charge on any atom is -0.491 e. The molecule has 4 aromatic carbocycles. The maximum absolute atomic E-state index is 14.0. The van der Waals surface area contributed by atoms with E-state index in [0.717, 1.165) is 0 Å². The molecule has 0 spiro atoms. The lowest BCUT2D eigenvalue weighted by Gasteiger charge is -2.26. The van der Waals surface area contributed by atoms with Crippen molar-refractivity contribution in [2.24, 2.45) is 0 Å². The number of rotatable bonds is 27. The molecule has 0 saturated heterocycles. The molecule has 98 heavy (non-hydrogen) atoms. The Morgan fingerprint density at radius 1 is 0.347 bits per heavy atom. The zero-order valence-electron chi connectivity index (χ0n) is 58.9. The fraction of sp³-hybridized carbons (Fsp3) is 0.486. The molecule has 0 aliphatic rings. The molecule has 28 nitrogen and oxygen atoms in total. The smallest absolute Gasteiger partial charge is 0.413 e. The van der Waals surface area contributed by atoms with Crippen LogP contribution >= 0.6 is 0 Å². The van der Waals surface area contributed by atoms with Crippen molar-refractivity contribution in [3.8, 4) is 23.0 Å². The van der Waals surface area contributed by atoms with Gasteiger partial charge in [-0.05, 0) is 210 Å². The predicted octanol–water partition coefficient (Wildman–Crippen LogP) is 9.66. The Morgan fingerprint density at radius 2 is 0.633 bits per heavy atom. The number of nitrogens with one attached hydrogen (secondary N) is 6. The molecule has 0 radical (unpaired) electrons. The molecule has 4 rings (SSSR count). The number of hydrogen-bond donors (Lipinski definition) is 6. The van der Waals surface area contributed by atoms with Gasteiger partial charge in [-0.3, -0.25) is 40.6 Å². The summed E-state index contributed by atoms with van der Waals surface area (Å²) < 4.78 is 66.9. The van der Waals surface area contributed by atoms with Gasteiger partial charge in [0.2, 0.25) is 0 Å². The van der Waals surface area contributed by atoms with E-state index in [1.807, 2.05) is 0 Å². The van der Waals surface area contributed by atoms with Gasteiger partial charge in [-0.2, -0.15) is 0 Å². The fourth-order valence-electron chi connectivity index (χ4n) is 8.00. The zero-order valence-corrected chi connectivity index (χ0v) is 58.9.